The van der Waals surface area contributed by atoms with E-state index in [1.54, 1.807) is 13.3 Å². The molecule has 0 bridgehead atoms. The first-order valence-corrected chi connectivity index (χ1v) is 9.39. The van der Waals surface area contributed by atoms with E-state index in [9.17, 15) is 0 Å². The summed E-state index contributed by atoms with van der Waals surface area (Å²) in [4.78, 5) is 6.39. The van der Waals surface area contributed by atoms with Crippen molar-refractivity contribution in [3.8, 4) is 5.75 Å². The van der Waals surface area contributed by atoms with E-state index >= 15 is 0 Å². The highest BCUT2D eigenvalue weighted by atomic mass is 16.5. The number of aryl methyl sites for hydroxylation is 1. The van der Waals surface area contributed by atoms with Crippen molar-refractivity contribution in [1.82, 2.24) is 4.98 Å². The lowest BCUT2D eigenvalue weighted by molar-refractivity contribution is 0.415. The molecule has 0 unspecified atom stereocenters. The fraction of sp³-hybridized carbons (Fsp3) is 0.261. The van der Waals surface area contributed by atoms with Gasteiger partial charge in [-0.1, -0.05) is 6.07 Å². The summed E-state index contributed by atoms with van der Waals surface area (Å²) in [5.41, 5.74) is 6.40. The van der Waals surface area contributed by atoms with E-state index in [4.69, 9.17) is 4.74 Å². The van der Waals surface area contributed by atoms with Crippen molar-refractivity contribution in [3.05, 3.63) is 78.1 Å². The van der Waals surface area contributed by atoms with Crippen LogP contribution in [0.1, 0.15) is 23.5 Å². The number of nitrogens with zero attached hydrogens (tertiary/aromatic N) is 2. The average Bonchev–Trinajstić information content (AvgIpc) is 3.15. The summed E-state index contributed by atoms with van der Waals surface area (Å²) in [7, 11) is 3.80. The number of hydrogen-bond donors (Lipinski definition) is 1. The van der Waals surface area contributed by atoms with Crippen molar-refractivity contribution >= 4 is 17.1 Å². The van der Waals surface area contributed by atoms with Crippen molar-refractivity contribution in [2.24, 2.45) is 0 Å². The monoisotopic (exact) mass is 359 g/mol. The quantitative estimate of drug-likeness (QED) is 0.672. The fourth-order valence-corrected chi connectivity index (χ4v) is 3.78. The number of pyridine rings is 1. The molecule has 4 rings (SSSR count). The Labute approximate surface area is 160 Å². The lowest BCUT2D eigenvalue weighted by Crippen LogP contribution is -2.11. The number of fused-ring (bicyclic) bond motifs is 1. The van der Waals surface area contributed by atoms with E-state index in [1.165, 1.54) is 23.2 Å². The first-order valence-electron chi connectivity index (χ1n) is 9.39. The minimum absolute atomic E-state index is 0.556. The van der Waals surface area contributed by atoms with Gasteiger partial charge in [-0.3, -0.25) is 4.98 Å². The van der Waals surface area contributed by atoms with Gasteiger partial charge in [0.05, 0.1) is 12.8 Å². The Morgan fingerprint density at radius 1 is 1.11 bits per heavy atom. The number of aromatic nitrogens is 1. The highest BCUT2D eigenvalue weighted by Crippen LogP contribution is 2.36. The zero-order valence-corrected chi connectivity index (χ0v) is 15.9. The predicted octanol–water partition coefficient (Wildman–Crippen LogP) is 5.00. The Morgan fingerprint density at radius 3 is 2.67 bits per heavy atom. The highest BCUT2D eigenvalue weighted by molar-refractivity contribution is 5.65. The molecular weight excluding hydrogens is 334 g/mol. The van der Waals surface area contributed by atoms with Crippen LogP contribution in [-0.2, 0) is 6.42 Å². The van der Waals surface area contributed by atoms with Crippen LogP contribution in [0.2, 0.25) is 0 Å². The lowest BCUT2D eigenvalue weighted by atomic mass is 10.0. The van der Waals surface area contributed by atoms with Crippen LogP contribution in [0.25, 0.3) is 0 Å². The van der Waals surface area contributed by atoms with Crippen LogP contribution in [0.3, 0.4) is 0 Å². The molecule has 4 heteroatoms. The van der Waals surface area contributed by atoms with E-state index in [1.807, 2.05) is 24.4 Å². The number of rotatable bonds is 6. The van der Waals surface area contributed by atoms with Crippen LogP contribution in [0, 0.1) is 0 Å². The standard InChI is InChI=1S/C23H25N3O/c1-26(20-7-10-22(27-2)11-8-20)21-9-12-23-17(14-21)5-6-18(23)15-25-19-4-3-13-24-16-19/h3-4,7-14,16,18,25H,5-6,15H2,1-2H3/t18-/m0/s1. The second-order valence-corrected chi connectivity index (χ2v) is 7.00. The third kappa shape index (κ3) is 3.75. The normalized spacial score (nSPS) is 15.3. The largest absolute Gasteiger partial charge is 0.497 e. The van der Waals surface area contributed by atoms with Gasteiger partial charge in [0, 0.05) is 43.3 Å². The number of ether oxygens (including phenoxy) is 1. The van der Waals surface area contributed by atoms with Crippen molar-refractivity contribution in [2.45, 2.75) is 18.8 Å². The molecule has 3 aromatic rings. The van der Waals surface area contributed by atoms with Crippen molar-refractivity contribution < 1.29 is 4.74 Å². The Hall–Kier alpha value is -3.01. The molecule has 0 saturated heterocycles. The smallest absolute Gasteiger partial charge is 0.119 e. The molecule has 0 spiro atoms. The minimum Gasteiger partial charge on any atom is -0.497 e. The second kappa shape index (κ2) is 7.70. The molecule has 0 fully saturated rings. The molecule has 1 aliphatic carbocycles. The van der Waals surface area contributed by atoms with Gasteiger partial charge in [0.15, 0.2) is 0 Å². The lowest BCUT2D eigenvalue weighted by Gasteiger charge is -2.21. The Balaban J connectivity index is 1.47. The third-order valence-corrected chi connectivity index (χ3v) is 5.39. The number of benzene rings is 2. The van der Waals surface area contributed by atoms with Crippen molar-refractivity contribution in [2.75, 3.05) is 30.9 Å². The number of methoxy groups -OCH3 is 1. The van der Waals surface area contributed by atoms with Gasteiger partial charge in [0.2, 0.25) is 0 Å². The summed E-state index contributed by atoms with van der Waals surface area (Å²) < 4.78 is 5.25. The molecule has 1 atom stereocenters. The minimum atomic E-state index is 0.556. The molecule has 1 heterocycles. The van der Waals surface area contributed by atoms with E-state index in [2.05, 4.69) is 58.6 Å². The summed E-state index contributed by atoms with van der Waals surface area (Å²) in [5.74, 6) is 1.44. The number of anilines is 3. The molecule has 0 aliphatic heterocycles. The zero-order valence-electron chi connectivity index (χ0n) is 15.9. The van der Waals surface area contributed by atoms with Crippen molar-refractivity contribution in [1.29, 1.82) is 0 Å². The van der Waals surface area contributed by atoms with Gasteiger partial charge in [-0.05, 0) is 72.5 Å². The molecular formula is C23H25N3O. The molecule has 27 heavy (non-hydrogen) atoms. The number of hydrogen-bond acceptors (Lipinski definition) is 4. The van der Waals surface area contributed by atoms with Crippen LogP contribution < -0.4 is 15.0 Å². The average molecular weight is 359 g/mol. The van der Waals surface area contributed by atoms with Crippen LogP contribution in [0.15, 0.2) is 67.0 Å². The summed E-state index contributed by atoms with van der Waals surface area (Å²) in [6, 6.07) is 19.1. The van der Waals surface area contributed by atoms with Crippen molar-refractivity contribution in [3.63, 3.8) is 0 Å². The van der Waals surface area contributed by atoms with E-state index in [-0.39, 0.29) is 0 Å². The summed E-state index contributed by atoms with van der Waals surface area (Å²) in [6.45, 7) is 0.951. The van der Waals surface area contributed by atoms with Gasteiger partial charge < -0.3 is 15.0 Å². The van der Waals surface area contributed by atoms with E-state index < -0.39 is 0 Å². The summed E-state index contributed by atoms with van der Waals surface area (Å²) in [6.07, 6.45) is 6.01. The third-order valence-electron chi connectivity index (χ3n) is 5.39. The maximum atomic E-state index is 5.25. The van der Waals surface area contributed by atoms with Gasteiger partial charge in [0.1, 0.15) is 5.75 Å². The molecule has 2 aromatic carbocycles. The second-order valence-electron chi connectivity index (χ2n) is 7.00. The first-order chi connectivity index (χ1) is 13.2. The maximum Gasteiger partial charge on any atom is 0.119 e. The molecule has 1 aromatic heterocycles. The molecule has 0 amide bonds. The number of nitrogens with one attached hydrogen (secondary N) is 1. The zero-order chi connectivity index (χ0) is 18.6. The molecule has 0 radical (unpaired) electrons. The molecule has 138 valence electrons. The Bertz CT molecular complexity index is 893. The van der Waals surface area contributed by atoms with Gasteiger partial charge in [-0.15, -0.1) is 0 Å². The topological polar surface area (TPSA) is 37.4 Å². The molecule has 0 saturated carbocycles. The van der Waals surface area contributed by atoms with Crippen LogP contribution in [0.4, 0.5) is 17.1 Å². The van der Waals surface area contributed by atoms with Gasteiger partial charge >= 0.3 is 0 Å². The van der Waals surface area contributed by atoms with Crippen LogP contribution >= 0.6 is 0 Å². The highest BCUT2D eigenvalue weighted by Gasteiger charge is 2.23. The molecule has 4 nitrogen and oxygen atoms in total. The van der Waals surface area contributed by atoms with E-state index in [0.29, 0.717) is 5.92 Å². The van der Waals surface area contributed by atoms with Gasteiger partial charge in [0.25, 0.3) is 0 Å². The Morgan fingerprint density at radius 2 is 1.93 bits per heavy atom. The Kier molecular flexibility index (Phi) is 4.97. The van der Waals surface area contributed by atoms with Crippen LogP contribution in [-0.4, -0.2) is 25.7 Å². The summed E-state index contributed by atoms with van der Waals surface area (Å²) in [5, 5.41) is 3.52. The summed E-state index contributed by atoms with van der Waals surface area (Å²) >= 11 is 0. The first kappa shape index (κ1) is 17.4. The van der Waals surface area contributed by atoms with Gasteiger partial charge in [-0.2, -0.15) is 0 Å². The fourth-order valence-electron chi connectivity index (χ4n) is 3.78. The SMILES string of the molecule is COc1ccc(N(C)c2ccc3c(c2)CC[C@H]3CNc2cccnc2)cc1. The van der Waals surface area contributed by atoms with E-state index in [0.717, 1.165) is 30.1 Å². The molecule has 1 N–H and O–H groups in total. The molecule has 1 aliphatic rings. The maximum absolute atomic E-state index is 5.25. The van der Waals surface area contributed by atoms with Gasteiger partial charge in [-0.25, -0.2) is 0 Å². The van der Waals surface area contributed by atoms with Crippen LogP contribution in [0.5, 0.6) is 5.75 Å². The predicted molar refractivity (Wildman–Crippen MR) is 111 cm³/mol.